The number of hydrogen-bond acceptors (Lipinski definition) is 8. The fourth-order valence-corrected chi connectivity index (χ4v) is 3.21. The molecule has 0 atom stereocenters. The molecule has 8 nitrogen and oxygen atoms in total. The number of ether oxygens (including phenoxy) is 2. The maximum atomic E-state index is 10.7. The first-order valence-corrected chi connectivity index (χ1v) is 9.24. The second-order valence-electron chi connectivity index (χ2n) is 6.32. The van der Waals surface area contributed by atoms with E-state index in [9.17, 15) is 4.79 Å². The Morgan fingerprint density at radius 3 is 2.86 bits per heavy atom. The van der Waals surface area contributed by atoms with Crippen molar-refractivity contribution >= 4 is 40.1 Å². The minimum atomic E-state index is 0.309. The number of anilines is 1. The van der Waals surface area contributed by atoms with Crippen molar-refractivity contribution in [1.82, 2.24) is 15.0 Å². The lowest BCUT2D eigenvalue weighted by Crippen LogP contribution is -2.37. The summed E-state index contributed by atoms with van der Waals surface area (Å²) in [6, 6.07) is 3.77. The van der Waals surface area contributed by atoms with Crippen LogP contribution in [0.3, 0.4) is 0 Å². The highest BCUT2D eigenvalue weighted by molar-refractivity contribution is 6.05. The van der Waals surface area contributed by atoms with E-state index in [1.807, 2.05) is 25.1 Å². The molecule has 8 heteroatoms. The van der Waals surface area contributed by atoms with Crippen molar-refractivity contribution in [2.45, 2.75) is 6.92 Å². The minimum Gasteiger partial charge on any atom is -0.432 e. The van der Waals surface area contributed by atoms with E-state index in [0.717, 1.165) is 5.39 Å². The number of carbonyl (C=O) groups is 1. The number of morpholine rings is 1. The molecule has 0 amide bonds. The Bertz CT molecular complexity index is 1130. The molecule has 0 bridgehead atoms. The van der Waals surface area contributed by atoms with E-state index in [1.54, 1.807) is 12.3 Å². The molecule has 1 aliphatic heterocycles. The van der Waals surface area contributed by atoms with E-state index < -0.39 is 0 Å². The number of pyridine rings is 1. The summed E-state index contributed by atoms with van der Waals surface area (Å²) in [5.74, 6) is 1.49. The standard InChI is InChI=1S/C21H20N4O4/c1-3-14(12-15(4-2)28-13-26)19-23-17-16-6-5-7-22-21(16)29-18(17)20(24-19)25-8-10-27-11-9-25/h3-7,12-13H,2,8-11H2,1H3/b14-3+,15-12+. The van der Waals surface area contributed by atoms with E-state index in [4.69, 9.17) is 23.9 Å². The summed E-state index contributed by atoms with van der Waals surface area (Å²) >= 11 is 0. The van der Waals surface area contributed by atoms with Crippen LogP contribution in [0, 0.1) is 0 Å². The molecule has 29 heavy (non-hydrogen) atoms. The predicted molar refractivity (Wildman–Crippen MR) is 109 cm³/mol. The quantitative estimate of drug-likeness (QED) is 0.359. The molecule has 1 saturated heterocycles. The Kier molecular flexibility index (Phi) is 5.35. The second-order valence-corrected chi connectivity index (χ2v) is 6.32. The lowest BCUT2D eigenvalue weighted by atomic mass is 10.2. The van der Waals surface area contributed by atoms with Crippen molar-refractivity contribution in [3.63, 3.8) is 0 Å². The van der Waals surface area contributed by atoms with Crippen LogP contribution in [0.1, 0.15) is 12.7 Å². The van der Waals surface area contributed by atoms with Crippen molar-refractivity contribution in [2.24, 2.45) is 0 Å². The van der Waals surface area contributed by atoms with Gasteiger partial charge in [-0.05, 0) is 31.2 Å². The molecule has 1 aliphatic rings. The number of hydrogen-bond donors (Lipinski definition) is 0. The highest BCUT2D eigenvalue weighted by Gasteiger charge is 2.23. The summed E-state index contributed by atoms with van der Waals surface area (Å²) in [5.41, 5.74) is 2.48. The van der Waals surface area contributed by atoms with Gasteiger partial charge in [-0.3, -0.25) is 4.79 Å². The molecule has 0 N–H and O–H groups in total. The molecule has 4 rings (SSSR count). The van der Waals surface area contributed by atoms with Crippen molar-refractivity contribution in [3.05, 3.63) is 54.7 Å². The third-order valence-electron chi connectivity index (χ3n) is 4.64. The van der Waals surface area contributed by atoms with Gasteiger partial charge in [0.2, 0.25) is 5.71 Å². The van der Waals surface area contributed by atoms with Gasteiger partial charge in [0.1, 0.15) is 11.3 Å². The number of carbonyl (C=O) groups excluding carboxylic acids is 1. The number of allylic oxidation sites excluding steroid dienone is 4. The van der Waals surface area contributed by atoms with Gasteiger partial charge in [-0.25, -0.2) is 15.0 Å². The Balaban J connectivity index is 1.93. The number of nitrogens with zero attached hydrogens (tertiary/aromatic N) is 4. The Hall–Kier alpha value is -3.52. The van der Waals surface area contributed by atoms with E-state index >= 15 is 0 Å². The zero-order chi connectivity index (χ0) is 20.2. The molecule has 3 aromatic rings. The first kappa shape index (κ1) is 18.8. The molecule has 0 aromatic carbocycles. The second kappa shape index (κ2) is 8.24. The maximum absolute atomic E-state index is 10.7. The first-order chi connectivity index (χ1) is 14.2. The largest absolute Gasteiger partial charge is 0.432 e. The zero-order valence-electron chi connectivity index (χ0n) is 16.0. The summed E-state index contributed by atoms with van der Waals surface area (Å²) in [6.45, 7) is 8.52. The summed E-state index contributed by atoms with van der Waals surface area (Å²) in [6.07, 6.45) is 6.66. The fourth-order valence-electron chi connectivity index (χ4n) is 3.21. The molecule has 0 spiro atoms. The van der Waals surface area contributed by atoms with Crippen LogP contribution >= 0.6 is 0 Å². The Labute approximate surface area is 167 Å². The lowest BCUT2D eigenvalue weighted by Gasteiger charge is -2.27. The van der Waals surface area contributed by atoms with E-state index in [-0.39, 0.29) is 0 Å². The average molecular weight is 392 g/mol. The fraction of sp³-hybridized carbons (Fsp3) is 0.238. The Morgan fingerprint density at radius 2 is 2.14 bits per heavy atom. The summed E-state index contributed by atoms with van der Waals surface area (Å²) in [4.78, 5) is 26.7. The summed E-state index contributed by atoms with van der Waals surface area (Å²) in [5, 5.41) is 0.813. The normalized spacial score (nSPS) is 15.7. The van der Waals surface area contributed by atoms with Gasteiger partial charge in [-0.15, -0.1) is 0 Å². The third kappa shape index (κ3) is 3.62. The molecule has 4 heterocycles. The number of fused-ring (bicyclic) bond motifs is 3. The van der Waals surface area contributed by atoms with Gasteiger partial charge in [0, 0.05) is 24.9 Å². The van der Waals surface area contributed by atoms with Gasteiger partial charge in [-0.2, -0.15) is 0 Å². The predicted octanol–water partition coefficient (Wildman–Crippen LogP) is 3.25. The van der Waals surface area contributed by atoms with Gasteiger partial charge in [0.15, 0.2) is 17.2 Å². The van der Waals surface area contributed by atoms with Gasteiger partial charge >= 0.3 is 0 Å². The van der Waals surface area contributed by atoms with Crippen LogP contribution in [0.2, 0.25) is 0 Å². The molecule has 0 radical (unpaired) electrons. The maximum Gasteiger partial charge on any atom is 0.298 e. The molecular formula is C21H20N4O4. The van der Waals surface area contributed by atoms with Crippen LogP contribution in [0.25, 0.3) is 27.8 Å². The van der Waals surface area contributed by atoms with Gasteiger partial charge in [-0.1, -0.05) is 12.7 Å². The summed E-state index contributed by atoms with van der Waals surface area (Å²) in [7, 11) is 0. The van der Waals surface area contributed by atoms with Crippen LogP contribution in [0.4, 0.5) is 5.82 Å². The van der Waals surface area contributed by atoms with Crippen molar-refractivity contribution in [3.8, 4) is 0 Å². The van der Waals surface area contributed by atoms with E-state index in [2.05, 4.69) is 16.5 Å². The average Bonchev–Trinajstić information content (AvgIpc) is 3.15. The van der Waals surface area contributed by atoms with Gasteiger partial charge in [0.25, 0.3) is 6.47 Å². The molecule has 1 fully saturated rings. The van der Waals surface area contributed by atoms with E-state index in [0.29, 0.717) is 72.6 Å². The van der Waals surface area contributed by atoms with Crippen LogP contribution < -0.4 is 4.90 Å². The number of aromatic nitrogens is 3. The topological polar surface area (TPSA) is 90.6 Å². The summed E-state index contributed by atoms with van der Waals surface area (Å²) < 4.78 is 16.4. The molecule has 0 saturated carbocycles. The monoisotopic (exact) mass is 392 g/mol. The van der Waals surface area contributed by atoms with Gasteiger partial charge < -0.3 is 18.8 Å². The molecule has 148 valence electrons. The smallest absolute Gasteiger partial charge is 0.298 e. The Morgan fingerprint density at radius 1 is 1.31 bits per heavy atom. The van der Waals surface area contributed by atoms with E-state index in [1.165, 1.54) is 6.08 Å². The van der Waals surface area contributed by atoms with Crippen molar-refractivity contribution < 1.29 is 18.7 Å². The lowest BCUT2D eigenvalue weighted by molar-refractivity contribution is -0.124. The minimum absolute atomic E-state index is 0.309. The molecule has 0 aliphatic carbocycles. The molecular weight excluding hydrogens is 372 g/mol. The first-order valence-electron chi connectivity index (χ1n) is 9.24. The van der Waals surface area contributed by atoms with Crippen molar-refractivity contribution in [1.29, 1.82) is 0 Å². The van der Waals surface area contributed by atoms with Crippen LogP contribution in [-0.4, -0.2) is 47.7 Å². The molecule has 3 aromatic heterocycles. The zero-order valence-corrected chi connectivity index (χ0v) is 16.0. The highest BCUT2D eigenvalue weighted by Crippen LogP contribution is 2.33. The van der Waals surface area contributed by atoms with Gasteiger partial charge in [0.05, 0.1) is 18.6 Å². The highest BCUT2D eigenvalue weighted by atomic mass is 16.5. The third-order valence-corrected chi connectivity index (χ3v) is 4.64. The van der Waals surface area contributed by atoms with Crippen LogP contribution in [0.15, 0.2) is 53.3 Å². The molecule has 0 unspecified atom stereocenters. The van der Waals surface area contributed by atoms with Crippen molar-refractivity contribution in [2.75, 3.05) is 31.2 Å². The van der Waals surface area contributed by atoms with Crippen LogP contribution in [-0.2, 0) is 14.3 Å². The number of furan rings is 1. The SMILES string of the molecule is C=C/C(=C\C(=C/C)c1nc(N2CCOCC2)c2oc3ncccc3c2n1)OC=O. The number of rotatable bonds is 6. The van der Waals surface area contributed by atoms with Crippen LogP contribution in [0.5, 0.6) is 0 Å².